The predicted octanol–water partition coefficient (Wildman–Crippen LogP) is -0.761. The third-order valence-corrected chi connectivity index (χ3v) is 2.73. The van der Waals surface area contributed by atoms with Crippen LogP contribution in [0.3, 0.4) is 0 Å². The number of hydrogen-bond donors (Lipinski definition) is 0. The maximum atomic E-state index is 12.9. The van der Waals surface area contributed by atoms with Gasteiger partial charge in [0.25, 0.3) is 0 Å². The molecule has 1 aromatic carbocycles. The molecule has 0 fully saturated rings. The molecular weight excluding hydrogens is 314 g/mol. The van der Waals surface area contributed by atoms with Gasteiger partial charge >= 0.3 is 58.4 Å². The molecule has 1 aromatic heterocycles. The van der Waals surface area contributed by atoms with Crippen LogP contribution in [-0.2, 0) is 13.5 Å². The molecule has 0 aliphatic heterocycles. The first-order chi connectivity index (χ1) is 9.36. The van der Waals surface area contributed by atoms with E-state index in [1.54, 1.807) is 24.1 Å². The summed E-state index contributed by atoms with van der Waals surface area (Å²) in [6.45, 7) is -5.24. The Morgan fingerprint density at radius 2 is 2.00 bits per heavy atom. The van der Waals surface area contributed by atoms with Crippen molar-refractivity contribution in [2.45, 2.75) is 6.42 Å². The molecule has 3 nitrogen and oxygen atoms in total. The molecule has 0 amide bonds. The normalized spacial score (nSPS) is 11.1. The summed E-state index contributed by atoms with van der Waals surface area (Å²) in [7, 11) is 1.74. The van der Waals surface area contributed by atoms with Gasteiger partial charge in [0.05, 0.1) is 18.6 Å². The number of aryl methyl sites for hydroxylation is 1. The van der Waals surface area contributed by atoms with Crippen molar-refractivity contribution in [3.05, 3.63) is 42.0 Å². The molecule has 9 heteroatoms. The molecule has 0 bridgehead atoms. The summed E-state index contributed by atoms with van der Waals surface area (Å²) in [4.78, 5) is 0. The Morgan fingerprint density at radius 1 is 1.29 bits per heavy atom. The van der Waals surface area contributed by atoms with Crippen LogP contribution in [0.1, 0.15) is 5.56 Å². The maximum absolute atomic E-state index is 12.9. The van der Waals surface area contributed by atoms with Gasteiger partial charge in [0.15, 0.2) is 0 Å². The molecule has 21 heavy (non-hydrogen) atoms. The molecule has 108 valence electrons. The van der Waals surface area contributed by atoms with Gasteiger partial charge in [0.2, 0.25) is 0 Å². The van der Waals surface area contributed by atoms with Gasteiger partial charge in [0.1, 0.15) is 5.82 Å². The van der Waals surface area contributed by atoms with E-state index in [0.717, 1.165) is 17.7 Å². The fourth-order valence-corrected chi connectivity index (χ4v) is 1.79. The van der Waals surface area contributed by atoms with Crippen molar-refractivity contribution in [2.24, 2.45) is 7.05 Å². The number of aromatic nitrogens is 2. The molecule has 0 N–H and O–H groups in total. The minimum atomic E-state index is -5.31. The SMILES string of the molecule is Cn1cc(CCOc2ccc(F)cc2[B-](F)(F)F)cn1.[K+]. The van der Waals surface area contributed by atoms with Crippen LogP contribution in [0.4, 0.5) is 17.3 Å². The van der Waals surface area contributed by atoms with E-state index in [2.05, 4.69) is 5.10 Å². The van der Waals surface area contributed by atoms with Crippen molar-refractivity contribution < 1.29 is 73.5 Å². The fraction of sp³-hybridized carbons (Fsp3) is 0.250. The number of rotatable bonds is 5. The van der Waals surface area contributed by atoms with Crippen molar-refractivity contribution in [3.8, 4) is 5.75 Å². The van der Waals surface area contributed by atoms with E-state index in [1.165, 1.54) is 0 Å². The molecule has 0 atom stereocenters. The van der Waals surface area contributed by atoms with Crippen molar-refractivity contribution in [1.82, 2.24) is 9.78 Å². The zero-order chi connectivity index (χ0) is 14.8. The average Bonchev–Trinajstić information content (AvgIpc) is 2.76. The van der Waals surface area contributed by atoms with E-state index in [1.807, 2.05) is 0 Å². The molecular formula is C12H12BF4KN2O. The van der Waals surface area contributed by atoms with E-state index in [-0.39, 0.29) is 63.7 Å². The summed E-state index contributed by atoms with van der Waals surface area (Å²) < 4.78 is 58.0. The average molecular weight is 326 g/mol. The smallest absolute Gasteiger partial charge is 0.496 e. The van der Waals surface area contributed by atoms with E-state index in [9.17, 15) is 17.3 Å². The summed E-state index contributed by atoms with van der Waals surface area (Å²) in [6, 6.07) is 2.41. The molecule has 2 aromatic rings. The fourth-order valence-electron chi connectivity index (χ4n) is 1.79. The van der Waals surface area contributed by atoms with Gasteiger partial charge in [-0.2, -0.15) is 5.10 Å². The van der Waals surface area contributed by atoms with Gasteiger partial charge in [-0.25, -0.2) is 4.39 Å². The summed E-state index contributed by atoms with van der Waals surface area (Å²) in [6.07, 6.45) is 3.79. The van der Waals surface area contributed by atoms with Gasteiger partial charge < -0.3 is 17.7 Å². The second-order valence-electron chi connectivity index (χ2n) is 4.38. The zero-order valence-corrected chi connectivity index (χ0v) is 14.8. The Labute approximate surface area is 162 Å². The molecule has 2 rings (SSSR count). The van der Waals surface area contributed by atoms with Gasteiger partial charge in [-0.15, -0.1) is 0 Å². The predicted molar refractivity (Wildman–Crippen MR) is 67.5 cm³/mol. The van der Waals surface area contributed by atoms with Crippen LogP contribution in [0.15, 0.2) is 30.6 Å². The van der Waals surface area contributed by atoms with Crippen LogP contribution in [-0.4, -0.2) is 23.4 Å². The second-order valence-corrected chi connectivity index (χ2v) is 4.38. The van der Waals surface area contributed by atoms with Crippen LogP contribution in [0.2, 0.25) is 0 Å². The van der Waals surface area contributed by atoms with E-state index < -0.39 is 18.3 Å². The Hall–Kier alpha value is -0.349. The van der Waals surface area contributed by atoms with Crippen LogP contribution >= 0.6 is 0 Å². The van der Waals surface area contributed by atoms with Gasteiger partial charge in [-0.1, -0.05) is 5.46 Å². The number of halogens is 4. The number of nitrogens with zero attached hydrogens (tertiary/aromatic N) is 2. The second kappa shape index (κ2) is 7.78. The molecule has 0 spiro atoms. The van der Waals surface area contributed by atoms with Gasteiger partial charge in [0, 0.05) is 19.7 Å². The first kappa shape index (κ1) is 18.7. The quantitative estimate of drug-likeness (QED) is 0.534. The Kier molecular flexibility index (Phi) is 6.92. The van der Waals surface area contributed by atoms with Crippen LogP contribution in [0.5, 0.6) is 5.75 Å². The van der Waals surface area contributed by atoms with Crippen LogP contribution in [0, 0.1) is 5.82 Å². The minimum absolute atomic E-state index is 0. The van der Waals surface area contributed by atoms with Crippen molar-refractivity contribution in [2.75, 3.05) is 6.61 Å². The Bertz CT molecular complexity index is 603. The third-order valence-electron chi connectivity index (χ3n) is 2.73. The minimum Gasteiger partial charge on any atom is -0.496 e. The zero-order valence-electron chi connectivity index (χ0n) is 11.7. The number of hydrogen-bond acceptors (Lipinski definition) is 2. The molecule has 0 radical (unpaired) electrons. The van der Waals surface area contributed by atoms with Crippen LogP contribution < -0.4 is 61.6 Å². The first-order valence-electron chi connectivity index (χ1n) is 5.96. The molecule has 0 saturated carbocycles. The number of benzene rings is 1. The third kappa shape index (κ3) is 5.41. The maximum Gasteiger partial charge on any atom is 1.00 e. The van der Waals surface area contributed by atoms with E-state index in [4.69, 9.17) is 4.74 Å². The summed E-state index contributed by atoms with van der Waals surface area (Å²) >= 11 is 0. The summed E-state index contributed by atoms with van der Waals surface area (Å²) in [5.41, 5.74) is -0.190. The van der Waals surface area contributed by atoms with Crippen molar-refractivity contribution in [3.63, 3.8) is 0 Å². The van der Waals surface area contributed by atoms with Gasteiger partial charge in [-0.05, 0) is 23.8 Å². The monoisotopic (exact) mass is 326 g/mol. The molecule has 0 unspecified atom stereocenters. The van der Waals surface area contributed by atoms with Crippen LogP contribution in [0.25, 0.3) is 0 Å². The summed E-state index contributed by atoms with van der Waals surface area (Å²) in [5, 5.41) is 3.95. The van der Waals surface area contributed by atoms with Crippen molar-refractivity contribution >= 4 is 12.4 Å². The molecule has 1 heterocycles. The topological polar surface area (TPSA) is 27.1 Å². The Balaban J connectivity index is 0.00000220. The summed E-state index contributed by atoms with van der Waals surface area (Å²) in [5.74, 6) is -1.28. The van der Waals surface area contributed by atoms with E-state index in [0.29, 0.717) is 12.5 Å². The van der Waals surface area contributed by atoms with Gasteiger partial charge in [-0.3, -0.25) is 4.68 Å². The van der Waals surface area contributed by atoms with Crippen molar-refractivity contribution in [1.29, 1.82) is 0 Å². The molecule has 0 saturated heterocycles. The Morgan fingerprint density at radius 3 is 2.57 bits per heavy atom. The standard InChI is InChI=1S/C12H12BF4N2O.K/c1-19-8-9(7-18-19)4-5-20-12-3-2-10(14)6-11(12)13(15,16)17;/h2-3,6-8H,4-5H2,1H3;/q-1;+1. The first-order valence-corrected chi connectivity index (χ1v) is 5.96. The molecule has 0 aliphatic rings. The number of ether oxygens (including phenoxy) is 1. The largest absolute Gasteiger partial charge is 1.00 e. The molecule has 0 aliphatic carbocycles. The van der Waals surface area contributed by atoms with E-state index >= 15 is 0 Å².